The number of H-pyrrole nitrogens is 1. The van der Waals surface area contributed by atoms with Crippen LogP contribution < -0.4 is 0 Å². The van der Waals surface area contributed by atoms with Gasteiger partial charge < -0.3 is 0 Å². The van der Waals surface area contributed by atoms with Gasteiger partial charge in [0, 0.05) is 11.4 Å². The first-order valence-electron chi connectivity index (χ1n) is 3.88. The van der Waals surface area contributed by atoms with Crippen LogP contribution in [0.1, 0.15) is 17.7 Å². The monoisotopic (exact) mass is 224 g/mol. The third kappa shape index (κ3) is 2.77. The number of aromatic nitrogens is 2. The van der Waals surface area contributed by atoms with Gasteiger partial charge in [0.1, 0.15) is 5.69 Å². The molecule has 1 aromatic rings. The standard InChI is InChI=1S/C8H8ClF3N2/c9-4-2-1-3-6-5-13-14-7(6)8(10,11)12/h1,3,5H,2,4H2,(H,13,14). The predicted octanol–water partition coefficient (Wildman–Crippen LogP) is 3.07. The fourth-order valence-corrected chi connectivity index (χ4v) is 1.05. The molecule has 0 amide bonds. The molecule has 78 valence electrons. The minimum atomic E-state index is -4.39. The SMILES string of the molecule is FC(F)(F)c1[nH]ncc1C=CCCCl. The summed E-state index contributed by atoms with van der Waals surface area (Å²) in [6, 6.07) is 0. The zero-order valence-electron chi connectivity index (χ0n) is 7.11. The molecule has 1 rings (SSSR count). The molecule has 1 heterocycles. The maximum absolute atomic E-state index is 12.3. The van der Waals surface area contributed by atoms with Crippen molar-refractivity contribution in [3.63, 3.8) is 0 Å². The number of halogens is 4. The van der Waals surface area contributed by atoms with Crippen molar-refractivity contribution in [1.82, 2.24) is 10.2 Å². The Balaban J connectivity index is 2.83. The largest absolute Gasteiger partial charge is 0.433 e. The van der Waals surface area contributed by atoms with Gasteiger partial charge in [-0.2, -0.15) is 18.3 Å². The molecule has 0 radical (unpaired) electrons. The molecule has 2 nitrogen and oxygen atoms in total. The molecule has 0 bridgehead atoms. The van der Waals surface area contributed by atoms with Crippen LogP contribution in [0.3, 0.4) is 0 Å². The summed E-state index contributed by atoms with van der Waals surface area (Å²) in [5.41, 5.74) is -0.800. The highest BCUT2D eigenvalue weighted by atomic mass is 35.5. The third-order valence-electron chi connectivity index (χ3n) is 1.53. The zero-order chi connectivity index (χ0) is 10.6. The van der Waals surface area contributed by atoms with E-state index in [9.17, 15) is 13.2 Å². The molecule has 1 aromatic heterocycles. The van der Waals surface area contributed by atoms with Crippen molar-refractivity contribution in [2.45, 2.75) is 12.6 Å². The van der Waals surface area contributed by atoms with Gasteiger partial charge in [-0.25, -0.2) is 0 Å². The van der Waals surface area contributed by atoms with Crippen LogP contribution in [0, 0.1) is 0 Å². The summed E-state index contributed by atoms with van der Waals surface area (Å²) >= 11 is 5.37. The minimum Gasteiger partial charge on any atom is -0.273 e. The molecule has 0 saturated carbocycles. The summed E-state index contributed by atoms with van der Waals surface area (Å²) in [4.78, 5) is 0. The molecule has 0 aliphatic rings. The Kier molecular flexibility index (Phi) is 3.57. The predicted molar refractivity (Wildman–Crippen MR) is 48.0 cm³/mol. The molecule has 0 saturated heterocycles. The second kappa shape index (κ2) is 4.50. The Morgan fingerprint density at radius 1 is 1.50 bits per heavy atom. The van der Waals surface area contributed by atoms with Crippen molar-refractivity contribution >= 4 is 17.7 Å². The lowest BCUT2D eigenvalue weighted by Gasteiger charge is -2.03. The van der Waals surface area contributed by atoms with Gasteiger partial charge in [0.25, 0.3) is 0 Å². The van der Waals surface area contributed by atoms with E-state index in [1.807, 2.05) is 5.10 Å². The first-order chi connectivity index (χ1) is 6.55. The highest BCUT2D eigenvalue weighted by Gasteiger charge is 2.34. The molecule has 0 spiro atoms. The van der Waals surface area contributed by atoms with E-state index in [0.717, 1.165) is 6.20 Å². The van der Waals surface area contributed by atoms with Crippen LogP contribution in [0.25, 0.3) is 6.08 Å². The Labute approximate surface area is 83.8 Å². The summed E-state index contributed by atoms with van der Waals surface area (Å²) in [6.07, 6.45) is 0.205. The molecule has 6 heteroatoms. The number of nitrogens with zero attached hydrogens (tertiary/aromatic N) is 1. The number of hydrogen-bond acceptors (Lipinski definition) is 1. The van der Waals surface area contributed by atoms with E-state index in [1.165, 1.54) is 6.08 Å². The highest BCUT2D eigenvalue weighted by molar-refractivity contribution is 6.17. The van der Waals surface area contributed by atoms with Gasteiger partial charge in [0.15, 0.2) is 0 Å². The maximum atomic E-state index is 12.3. The van der Waals surface area contributed by atoms with Crippen molar-refractivity contribution in [3.8, 4) is 0 Å². The lowest BCUT2D eigenvalue weighted by atomic mass is 10.2. The Morgan fingerprint density at radius 2 is 2.21 bits per heavy atom. The molecule has 14 heavy (non-hydrogen) atoms. The van der Waals surface area contributed by atoms with Crippen LogP contribution in [-0.2, 0) is 6.18 Å². The second-order valence-corrected chi connectivity index (χ2v) is 2.96. The van der Waals surface area contributed by atoms with E-state index in [-0.39, 0.29) is 5.56 Å². The molecular formula is C8H8ClF3N2. The average Bonchev–Trinajstić information content (AvgIpc) is 2.52. The molecular weight excluding hydrogens is 217 g/mol. The Hall–Kier alpha value is -0.970. The topological polar surface area (TPSA) is 28.7 Å². The number of alkyl halides is 4. The maximum Gasteiger partial charge on any atom is 0.433 e. The first-order valence-corrected chi connectivity index (χ1v) is 4.42. The van der Waals surface area contributed by atoms with Crippen molar-refractivity contribution in [2.24, 2.45) is 0 Å². The molecule has 0 aliphatic heterocycles. The quantitative estimate of drug-likeness (QED) is 0.786. The van der Waals surface area contributed by atoms with E-state index in [0.29, 0.717) is 12.3 Å². The van der Waals surface area contributed by atoms with E-state index < -0.39 is 11.9 Å². The van der Waals surface area contributed by atoms with Gasteiger partial charge in [0.2, 0.25) is 0 Å². The number of hydrogen-bond donors (Lipinski definition) is 1. The van der Waals surface area contributed by atoms with Crippen LogP contribution >= 0.6 is 11.6 Å². The van der Waals surface area contributed by atoms with E-state index in [1.54, 1.807) is 6.08 Å². The normalized spacial score (nSPS) is 12.6. The van der Waals surface area contributed by atoms with Crippen LogP contribution in [0.4, 0.5) is 13.2 Å². The number of rotatable bonds is 3. The van der Waals surface area contributed by atoms with Crippen molar-refractivity contribution < 1.29 is 13.2 Å². The van der Waals surface area contributed by atoms with Crippen molar-refractivity contribution in [3.05, 3.63) is 23.5 Å². The van der Waals surface area contributed by atoms with Gasteiger partial charge in [-0.05, 0) is 6.42 Å². The van der Waals surface area contributed by atoms with Gasteiger partial charge in [-0.1, -0.05) is 12.2 Å². The van der Waals surface area contributed by atoms with E-state index in [4.69, 9.17) is 11.6 Å². The van der Waals surface area contributed by atoms with Gasteiger partial charge >= 0.3 is 6.18 Å². The first kappa shape index (κ1) is 11.1. The number of aromatic amines is 1. The van der Waals surface area contributed by atoms with Crippen molar-refractivity contribution in [2.75, 3.05) is 5.88 Å². The van der Waals surface area contributed by atoms with Crippen LogP contribution in [0.2, 0.25) is 0 Å². The molecule has 0 fully saturated rings. The number of nitrogens with one attached hydrogen (secondary N) is 1. The second-order valence-electron chi connectivity index (χ2n) is 2.58. The van der Waals surface area contributed by atoms with Gasteiger partial charge in [0.05, 0.1) is 6.20 Å². The lowest BCUT2D eigenvalue weighted by molar-refractivity contribution is -0.141. The van der Waals surface area contributed by atoms with Gasteiger partial charge in [-0.15, -0.1) is 11.6 Å². The van der Waals surface area contributed by atoms with E-state index in [2.05, 4.69) is 5.10 Å². The zero-order valence-corrected chi connectivity index (χ0v) is 7.86. The molecule has 1 N–H and O–H groups in total. The molecule has 0 unspecified atom stereocenters. The smallest absolute Gasteiger partial charge is 0.273 e. The summed E-state index contributed by atoms with van der Waals surface area (Å²) in [5.74, 6) is 0.385. The summed E-state index contributed by atoms with van der Waals surface area (Å²) in [6.45, 7) is 0. The molecule has 0 atom stereocenters. The van der Waals surface area contributed by atoms with Gasteiger partial charge in [-0.3, -0.25) is 5.10 Å². The summed E-state index contributed by atoms with van der Waals surface area (Å²) < 4.78 is 36.8. The van der Waals surface area contributed by atoms with Crippen LogP contribution in [0.5, 0.6) is 0 Å². The number of allylic oxidation sites excluding steroid dienone is 1. The fourth-order valence-electron chi connectivity index (χ4n) is 0.922. The molecule has 0 aromatic carbocycles. The van der Waals surface area contributed by atoms with Crippen LogP contribution in [-0.4, -0.2) is 16.1 Å². The van der Waals surface area contributed by atoms with Crippen LogP contribution in [0.15, 0.2) is 12.3 Å². The summed E-state index contributed by atoms with van der Waals surface area (Å²) in [5, 5.41) is 5.25. The molecule has 0 aliphatic carbocycles. The van der Waals surface area contributed by atoms with Crippen molar-refractivity contribution in [1.29, 1.82) is 0 Å². The highest BCUT2D eigenvalue weighted by Crippen LogP contribution is 2.30. The lowest BCUT2D eigenvalue weighted by Crippen LogP contribution is -2.07. The third-order valence-corrected chi connectivity index (χ3v) is 1.74. The average molecular weight is 225 g/mol. The Bertz CT molecular complexity index is 317. The summed E-state index contributed by atoms with van der Waals surface area (Å²) in [7, 11) is 0. The minimum absolute atomic E-state index is 0.0302. The Morgan fingerprint density at radius 3 is 2.79 bits per heavy atom. The van der Waals surface area contributed by atoms with E-state index >= 15 is 0 Å². The fraction of sp³-hybridized carbons (Fsp3) is 0.375.